The third-order valence-corrected chi connectivity index (χ3v) is 8.56. The predicted octanol–water partition coefficient (Wildman–Crippen LogP) is 4.75. The average molecular weight is 432 g/mol. The summed E-state index contributed by atoms with van der Waals surface area (Å²) in [5.74, 6) is 0.157. The van der Waals surface area contributed by atoms with E-state index in [2.05, 4.69) is 12.1 Å². The van der Waals surface area contributed by atoms with Gasteiger partial charge in [0.25, 0.3) is 0 Å². The van der Waals surface area contributed by atoms with E-state index in [4.69, 9.17) is 0 Å². The third-order valence-electron chi connectivity index (χ3n) is 6.72. The lowest BCUT2D eigenvalue weighted by Crippen LogP contribution is -2.49. The Bertz CT molecular complexity index is 1280. The molecule has 1 aliphatic heterocycles. The summed E-state index contributed by atoms with van der Waals surface area (Å²) in [5.41, 5.74) is 1.96. The minimum atomic E-state index is -3.63. The Balaban J connectivity index is 1.51. The van der Waals surface area contributed by atoms with Crippen LogP contribution in [-0.2, 0) is 21.2 Å². The Kier molecular flexibility index (Phi) is 5.03. The molecule has 31 heavy (non-hydrogen) atoms. The van der Waals surface area contributed by atoms with Crippen molar-refractivity contribution in [1.82, 2.24) is 4.31 Å². The van der Waals surface area contributed by atoms with Gasteiger partial charge in [-0.15, -0.1) is 0 Å². The van der Waals surface area contributed by atoms with Crippen molar-refractivity contribution >= 4 is 26.6 Å². The topological polar surface area (TPSA) is 54.5 Å². The first-order chi connectivity index (χ1) is 15.0. The van der Waals surface area contributed by atoms with Crippen LogP contribution in [0.4, 0.5) is 0 Å². The van der Waals surface area contributed by atoms with Gasteiger partial charge >= 0.3 is 0 Å². The SMILES string of the molecule is O=C1C=C2CCN(S(=O)(=O)c3ccc4ccccc4c3)CC2(Cc2ccccc2)CC1. The Morgan fingerprint density at radius 3 is 2.42 bits per heavy atom. The molecule has 1 unspecified atom stereocenters. The Labute approximate surface area is 183 Å². The largest absolute Gasteiger partial charge is 0.295 e. The minimum Gasteiger partial charge on any atom is -0.295 e. The van der Waals surface area contributed by atoms with Gasteiger partial charge in [0.2, 0.25) is 10.0 Å². The van der Waals surface area contributed by atoms with Crippen LogP contribution in [-0.4, -0.2) is 31.6 Å². The summed E-state index contributed by atoms with van der Waals surface area (Å²) < 4.78 is 28.8. The van der Waals surface area contributed by atoms with E-state index in [9.17, 15) is 13.2 Å². The fourth-order valence-corrected chi connectivity index (χ4v) is 6.61. The van der Waals surface area contributed by atoms with Crippen molar-refractivity contribution in [2.75, 3.05) is 13.1 Å². The van der Waals surface area contributed by atoms with Gasteiger partial charge in [-0.1, -0.05) is 66.2 Å². The third kappa shape index (κ3) is 3.73. The summed E-state index contributed by atoms with van der Waals surface area (Å²) in [6.07, 6.45) is 4.30. The molecule has 0 aromatic heterocycles. The summed E-state index contributed by atoms with van der Waals surface area (Å²) in [6.45, 7) is 0.820. The number of fused-ring (bicyclic) bond motifs is 2. The number of sulfonamides is 1. The van der Waals surface area contributed by atoms with E-state index in [1.165, 1.54) is 5.56 Å². The Morgan fingerprint density at radius 1 is 0.871 bits per heavy atom. The molecule has 2 aliphatic rings. The number of rotatable bonds is 4. The van der Waals surface area contributed by atoms with Gasteiger partial charge in [0.05, 0.1) is 4.90 Å². The first-order valence-electron chi connectivity index (χ1n) is 10.7. The quantitative estimate of drug-likeness (QED) is 0.599. The van der Waals surface area contributed by atoms with Crippen LogP contribution in [0.15, 0.2) is 89.3 Å². The Hall–Kier alpha value is -2.76. The van der Waals surface area contributed by atoms with E-state index >= 15 is 0 Å². The van der Waals surface area contributed by atoms with Crippen LogP contribution in [0.5, 0.6) is 0 Å². The molecule has 0 N–H and O–H groups in total. The first-order valence-corrected chi connectivity index (χ1v) is 12.2. The molecule has 4 nitrogen and oxygen atoms in total. The van der Waals surface area contributed by atoms with Crippen LogP contribution < -0.4 is 0 Å². The molecule has 0 saturated carbocycles. The number of carbonyl (C=O) groups is 1. The van der Waals surface area contributed by atoms with Crippen LogP contribution in [0.2, 0.25) is 0 Å². The standard InChI is InChI=1S/C26H25NO3S/c28-24-12-14-26(18-20-6-2-1-3-7-20)19-27(15-13-23(26)17-24)31(29,30)25-11-10-21-8-4-5-9-22(21)16-25/h1-11,16-17H,12-15,18-19H2. The number of hydrogen-bond acceptors (Lipinski definition) is 3. The first kappa shape index (κ1) is 20.2. The second-order valence-electron chi connectivity index (χ2n) is 8.68. The zero-order valence-electron chi connectivity index (χ0n) is 17.3. The molecule has 0 radical (unpaired) electrons. The number of allylic oxidation sites excluding steroid dienone is 1. The maximum atomic E-state index is 13.6. The van der Waals surface area contributed by atoms with E-state index in [1.54, 1.807) is 22.5 Å². The lowest BCUT2D eigenvalue weighted by Gasteiger charge is -2.46. The second-order valence-corrected chi connectivity index (χ2v) is 10.6. The molecule has 5 heteroatoms. The normalized spacial score (nSPS) is 22.2. The number of nitrogens with zero attached hydrogens (tertiary/aromatic N) is 1. The second kappa shape index (κ2) is 7.74. The van der Waals surface area contributed by atoms with Gasteiger partial charge < -0.3 is 0 Å². The van der Waals surface area contributed by atoms with Gasteiger partial charge in [-0.05, 0) is 53.8 Å². The molecule has 1 fully saturated rings. The molecule has 0 spiro atoms. The molecule has 158 valence electrons. The van der Waals surface area contributed by atoms with Crippen molar-refractivity contribution in [2.24, 2.45) is 5.41 Å². The fraction of sp³-hybridized carbons (Fsp3) is 0.269. The molecule has 1 aliphatic carbocycles. The van der Waals surface area contributed by atoms with Gasteiger partial charge in [-0.2, -0.15) is 4.31 Å². The molecular weight excluding hydrogens is 406 g/mol. The summed E-state index contributed by atoms with van der Waals surface area (Å²) in [6, 6.07) is 23.3. The number of hydrogen-bond donors (Lipinski definition) is 0. The summed E-state index contributed by atoms with van der Waals surface area (Å²) in [4.78, 5) is 12.5. The number of carbonyl (C=O) groups excluding carboxylic acids is 1. The van der Waals surface area contributed by atoms with Crippen LogP contribution in [0.1, 0.15) is 24.8 Å². The van der Waals surface area contributed by atoms with Gasteiger partial charge in [-0.3, -0.25) is 4.79 Å². The maximum Gasteiger partial charge on any atom is 0.243 e. The monoisotopic (exact) mass is 431 g/mol. The number of benzene rings is 3. The molecule has 1 saturated heterocycles. The molecule has 5 rings (SSSR count). The molecule has 0 amide bonds. The maximum absolute atomic E-state index is 13.6. The highest BCUT2D eigenvalue weighted by molar-refractivity contribution is 7.89. The zero-order chi connectivity index (χ0) is 21.5. The van der Waals surface area contributed by atoms with Gasteiger partial charge in [0.15, 0.2) is 5.78 Å². The van der Waals surface area contributed by atoms with Crippen LogP contribution in [0.25, 0.3) is 10.8 Å². The van der Waals surface area contributed by atoms with Crippen molar-refractivity contribution in [3.8, 4) is 0 Å². The zero-order valence-corrected chi connectivity index (χ0v) is 18.1. The number of ketones is 1. The van der Waals surface area contributed by atoms with Crippen molar-refractivity contribution in [2.45, 2.75) is 30.6 Å². The van der Waals surface area contributed by atoms with Crippen LogP contribution in [0, 0.1) is 5.41 Å². The predicted molar refractivity (Wildman–Crippen MR) is 122 cm³/mol. The van der Waals surface area contributed by atoms with Crippen molar-refractivity contribution < 1.29 is 13.2 Å². The van der Waals surface area contributed by atoms with E-state index in [1.807, 2.05) is 48.5 Å². The van der Waals surface area contributed by atoms with Gasteiger partial charge in [-0.25, -0.2) is 8.42 Å². The van der Waals surface area contributed by atoms with Crippen molar-refractivity contribution in [3.05, 3.63) is 90.0 Å². The smallest absolute Gasteiger partial charge is 0.243 e. The molecule has 3 aromatic carbocycles. The van der Waals surface area contributed by atoms with E-state index < -0.39 is 10.0 Å². The highest BCUT2D eigenvalue weighted by Gasteiger charge is 2.45. The molecule has 0 bridgehead atoms. The molecule has 3 aromatic rings. The highest BCUT2D eigenvalue weighted by atomic mass is 32.2. The average Bonchev–Trinajstić information content (AvgIpc) is 2.79. The Morgan fingerprint density at radius 2 is 1.61 bits per heavy atom. The van der Waals surface area contributed by atoms with Crippen LogP contribution >= 0.6 is 0 Å². The lowest BCUT2D eigenvalue weighted by atomic mass is 9.66. The van der Waals surface area contributed by atoms with Crippen LogP contribution in [0.3, 0.4) is 0 Å². The molecule has 1 heterocycles. The lowest BCUT2D eigenvalue weighted by molar-refractivity contribution is -0.116. The van der Waals surface area contributed by atoms with E-state index in [0.29, 0.717) is 37.2 Å². The highest BCUT2D eigenvalue weighted by Crippen LogP contribution is 2.46. The van der Waals surface area contributed by atoms with E-state index in [0.717, 1.165) is 22.8 Å². The van der Waals surface area contributed by atoms with Crippen molar-refractivity contribution in [3.63, 3.8) is 0 Å². The number of piperidine rings is 1. The summed E-state index contributed by atoms with van der Waals surface area (Å²) in [5, 5.41) is 1.94. The fourth-order valence-electron chi connectivity index (χ4n) is 5.05. The molecular formula is C26H25NO3S. The van der Waals surface area contributed by atoms with E-state index in [-0.39, 0.29) is 11.2 Å². The summed E-state index contributed by atoms with van der Waals surface area (Å²) in [7, 11) is -3.63. The van der Waals surface area contributed by atoms with Gasteiger partial charge in [0.1, 0.15) is 0 Å². The van der Waals surface area contributed by atoms with Gasteiger partial charge in [0, 0.05) is 24.9 Å². The van der Waals surface area contributed by atoms with Crippen molar-refractivity contribution in [1.29, 1.82) is 0 Å². The minimum absolute atomic E-state index is 0.157. The summed E-state index contributed by atoms with van der Waals surface area (Å²) >= 11 is 0. The molecule has 1 atom stereocenters.